The van der Waals surface area contributed by atoms with Gasteiger partial charge in [0.05, 0.1) is 30.0 Å². The van der Waals surface area contributed by atoms with Gasteiger partial charge in [-0.3, -0.25) is 19.0 Å². The highest BCUT2D eigenvalue weighted by Gasteiger charge is 2.40. The number of hydrogen-bond acceptors (Lipinski definition) is 10. The summed E-state index contributed by atoms with van der Waals surface area (Å²) in [5, 5.41) is 43.8. The first-order valence-corrected chi connectivity index (χ1v) is 21.9. The number of ether oxygens (including phenoxy) is 1. The highest BCUT2D eigenvalue weighted by atomic mass is 32.2. The van der Waals surface area contributed by atoms with Gasteiger partial charge in [-0.2, -0.15) is 9.40 Å². The number of unbranched alkanes of at least 4 members (excludes halogenated alkanes) is 1. The number of likely N-dealkylation sites (tertiary alicyclic amines) is 1. The van der Waals surface area contributed by atoms with Crippen LogP contribution in [0.2, 0.25) is 0 Å². The van der Waals surface area contributed by atoms with Crippen LogP contribution in [0.25, 0.3) is 10.9 Å². The molecule has 1 aromatic heterocycles. The molecule has 58 heavy (non-hydrogen) atoms. The molecule has 1 aliphatic heterocycles. The number of aliphatic hydroxyl groups excluding tert-OH is 3. The number of anilines is 1. The normalized spacial score (nSPS) is 23.0. The molecule has 5 N–H and O–H groups in total. The van der Waals surface area contributed by atoms with Crippen LogP contribution >= 0.6 is 0 Å². The summed E-state index contributed by atoms with van der Waals surface area (Å²) in [7, 11) is 0. The number of aliphatic hydroxyl groups is 3. The standard InChI is InChI=1S/C45H61N5O7S/c1-32(57-45(54)17-8-3-2-7-16-40-41(44(53)27-43(40)52)22-21-39(51)20-18-33-11-5-4-6-12-33)50(58(55)56)30-35-14-9-13-34(25-35)29-49-24-10-15-38(31-49)47-37-19-23-42-36(26-37)28-46-48-42/h2,4-7,9,11-14,19,23,25-26,28,32,38-41,43-44,47,51-53H,3,8,10,15-18,20-22,24,27,29-31H2,1H3,(H,46,48)(H,55,56)/p-1/t32?,38-,39-,40+,41+,43-,44+/m0/s1. The zero-order chi connectivity index (χ0) is 40.9. The lowest BCUT2D eigenvalue weighted by Crippen LogP contribution is -2.41. The number of hydrogen-bond donors (Lipinski definition) is 5. The first kappa shape index (κ1) is 43.6. The maximum Gasteiger partial charge on any atom is 0.307 e. The van der Waals surface area contributed by atoms with Crippen LogP contribution in [0, 0.1) is 11.8 Å². The molecule has 12 nitrogen and oxygen atoms in total. The molecule has 3 aromatic carbocycles. The number of carbonyl (C=O) groups is 1. The highest BCUT2D eigenvalue weighted by Crippen LogP contribution is 2.38. The van der Waals surface area contributed by atoms with E-state index in [1.54, 1.807) is 6.92 Å². The zero-order valence-electron chi connectivity index (χ0n) is 33.5. The number of esters is 1. The molecule has 13 heteroatoms. The lowest BCUT2D eigenvalue weighted by Gasteiger charge is -2.34. The molecule has 8 atom stereocenters. The van der Waals surface area contributed by atoms with Crippen LogP contribution in [0.4, 0.5) is 5.69 Å². The van der Waals surface area contributed by atoms with Gasteiger partial charge in [0.25, 0.3) is 0 Å². The van der Waals surface area contributed by atoms with Crippen molar-refractivity contribution in [3.63, 3.8) is 0 Å². The van der Waals surface area contributed by atoms with E-state index in [4.69, 9.17) is 4.74 Å². The molecular formula is C45H60N5O7S-. The van der Waals surface area contributed by atoms with E-state index in [1.807, 2.05) is 60.8 Å². The number of nitrogens with zero attached hydrogens (tertiary/aromatic N) is 3. The topological polar surface area (TPSA) is 174 Å². The van der Waals surface area contributed by atoms with Crippen molar-refractivity contribution in [3.05, 3.63) is 108 Å². The molecule has 6 rings (SSSR count). The van der Waals surface area contributed by atoms with Gasteiger partial charge in [0.15, 0.2) is 6.23 Å². The van der Waals surface area contributed by atoms with Gasteiger partial charge in [-0.05, 0) is 124 Å². The largest absolute Gasteiger partial charge is 0.759 e. The molecule has 1 saturated heterocycles. The number of aromatic amines is 1. The van der Waals surface area contributed by atoms with Crippen LogP contribution in [0.5, 0.6) is 0 Å². The van der Waals surface area contributed by atoms with Gasteiger partial charge in [-0.1, -0.05) is 66.7 Å². The fourth-order valence-electron chi connectivity index (χ4n) is 8.61. The molecule has 2 unspecified atom stereocenters. The second-order valence-electron chi connectivity index (χ2n) is 16.1. The van der Waals surface area contributed by atoms with Gasteiger partial charge in [0.2, 0.25) is 0 Å². The van der Waals surface area contributed by atoms with E-state index >= 15 is 0 Å². The van der Waals surface area contributed by atoms with Crippen molar-refractivity contribution in [1.29, 1.82) is 0 Å². The minimum absolute atomic E-state index is 0.0805. The average molecular weight is 815 g/mol. The van der Waals surface area contributed by atoms with E-state index in [-0.39, 0.29) is 24.8 Å². The number of benzene rings is 3. The summed E-state index contributed by atoms with van der Waals surface area (Å²) in [6.45, 7) is 4.28. The number of aromatic nitrogens is 2. The van der Waals surface area contributed by atoms with E-state index in [9.17, 15) is 28.9 Å². The van der Waals surface area contributed by atoms with E-state index in [0.717, 1.165) is 70.9 Å². The van der Waals surface area contributed by atoms with Crippen molar-refractivity contribution < 1.29 is 33.6 Å². The van der Waals surface area contributed by atoms with Crippen molar-refractivity contribution in [2.24, 2.45) is 11.8 Å². The highest BCUT2D eigenvalue weighted by molar-refractivity contribution is 7.76. The van der Waals surface area contributed by atoms with Crippen molar-refractivity contribution in [2.45, 2.75) is 121 Å². The summed E-state index contributed by atoms with van der Waals surface area (Å²) in [6, 6.07) is 24.5. The Morgan fingerprint density at radius 2 is 1.84 bits per heavy atom. The number of allylic oxidation sites excluding steroid dienone is 2. The van der Waals surface area contributed by atoms with Crippen LogP contribution in [-0.2, 0) is 40.3 Å². The fraction of sp³-hybridized carbons (Fsp3) is 0.511. The Morgan fingerprint density at radius 3 is 2.67 bits per heavy atom. The third-order valence-electron chi connectivity index (χ3n) is 11.7. The van der Waals surface area contributed by atoms with Gasteiger partial charge in [0, 0.05) is 54.4 Å². The summed E-state index contributed by atoms with van der Waals surface area (Å²) >= 11 is -2.61. The molecule has 1 saturated carbocycles. The average Bonchev–Trinajstić information content (AvgIpc) is 3.79. The number of H-pyrrole nitrogens is 1. The van der Waals surface area contributed by atoms with Gasteiger partial charge in [-0.15, -0.1) is 0 Å². The minimum atomic E-state index is -2.61. The van der Waals surface area contributed by atoms with Gasteiger partial charge >= 0.3 is 5.97 Å². The van der Waals surface area contributed by atoms with Gasteiger partial charge in [-0.25, -0.2) is 0 Å². The summed E-state index contributed by atoms with van der Waals surface area (Å²) in [5.41, 5.74) is 5.18. The Labute approximate surface area is 345 Å². The second kappa shape index (κ2) is 21.9. The van der Waals surface area contributed by atoms with Gasteiger partial charge in [0.1, 0.15) is 0 Å². The summed E-state index contributed by atoms with van der Waals surface area (Å²) < 4.78 is 31.3. The van der Waals surface area contributed by atoms with Crippen LogP contribution in [0.3, 0.4) is 0 Å². The van der Waals surface area contributed by atoms with Crippen LogP contribution in [-0.4, -0.2) is 93.1 Å². The predicted molar refractivity (Wildman–Crippen MR) is 226 cm³/mol. The molecule has 0 radical (unpaired) electrons. The van der Waals surface area contributed by atoms with E-state index in [1.165, 1.54) is 5.56 Å². The first-order chi connectivity index (χ1) is 28.1. The summed E-state index contributed by atoms with van der Waals surface area (Å²) in [4.78, 5) is 15.2. The molecule has 0 spiro atoms. The zero-order valence-corrected chi connectivity index (χ0v) is 34.3. The van der Waals surface area contributed by atoms with Crippen LogP contribution < -0.4 is 5.32 Å². The number of fused-ring (bicyclic) bond motifs is 1. The number of aryl methyl sites for hydroxylation is 1. The monoisotopic (exact) mass is 814 g/mol. The fourth-order valence-corrected chi connectivity index (χ4v) is 9.15. The number of nitrogens with one attached hydrogen (secondary N) is 2. The Hall–Kier alpha value is -3.95. The quantitative estimate of drug-likeness (QED) is 0.0209. The lowest BCUT2D eigenvalue weighted by atomic mass is 9.85. The second-order valence-corrected chi connectivity index (χ2v) is 17.0. The first-order valence-electron chi connectivity index (χ1n) is 20.9. The molecule has 1 aliphatic carbocycles. The Balaban J connectivity index is 0.897. The maximum absolute atomic E-state index is 12.7. The van der Waals surface area contributed by atoms with Crippen molar-refractivity contribution >= 4 is 33.8 Å². The minimum Gasteiger partial charge on any atom is -0.759 e. The van der Waals surface area contributed by atoms with Crippen molar-refractivity contribution in [3.8, 4) is 0 Å². The number of carbonyl (C=O) groups excluding carboxylic acids is 1. The SMILES string of the molecule is CC(OC(=O)CCCC=CC[C@@H]1[C@@H](CC[C@@H](O)CCc2ccccc2)[C@H](O)C[C@@H]1O)N(Cc1cccc(CN2CCC[C@H](Nc3ccc4[nH]ncc4c3)C2)c1)S(=O)[O-]. The molecule has 4 aromatic rings. The number of piperidine rings is 1. The molecule has 0 bridgehead atoms. The Kier molecular flexibility index (Phi) is 16.5. The maximum atomic E-state index is 12.7. The Morgan fingerprint density at radius 1 is 1.05 bits per heavy atom. The van der Waals surface area contributed by atoms with E-state index in [0.29, 0.717) is 51.0 Å². The lowest BCUT2D eigenvalue weighted by molar-refractivity contribution is -0.153. The Bertz CT molecular complexity index is 1930. The smallest absolute Gasteiger partial charge is 0.307 e. The van der Waals surface area contributed by atoms with Crippen LogP contribution in [0.1, 0.15) is 87.8 Å². The molecular weight excluding hydrogens is 755 g/mol. The molecule has 2 fully saturated rings. The van der Waals surface area contributed by atoms with E-state index in [2.05, 4.69) is 50.7 Å². The third kappa shape index (κ3) is 13.0. The molecule has 0 amide bonds. The predicted octanol–water partition coefficient (Wildman–Crippen LogP) is 6.37. The van der Waals surface area contributed by atoms with Gasteiger partial charge < -0.3 is 29.9 Å². The van der Waals surface area contributed by atoms with Crippen molar-refractivity contribution in [1.82, 2.24) is 19.4 Å². The van der Waals surface area contributed by atoms with Crippen molar-refractivity contribution in [2.75, 3.05) is 18.4 Å². The summed E-state index contributed by atoms with van der Waals surface area (Å²) in [6.07, 6.45) is 10.3. The molecule has 2 aliphatic rings. The van der Waals surface area contributed by atoms with E-state index < -0.39 is 41.8 Å². The molecule has 314 valence electrons. The van der Waals surface area contributed by atoms with Crippen LogP contribution in [0.15, 0.2) is 91.1 Å². The summed E-state index contributed by atoms with van der Waals surface area (Å²) in [5.74, 6) is -0.643. The number of rotatable bonds is 21. The third-order valence-corrected chi connectivity index (χ3v) is 12.6. The molecule has 2 heterocycles.